The minimum atomic E-state index is -0.443. The SMILES string of the molecule is CC(C)C[Si](C)([SiH3])[SiH3]. The average molecular weight is 162 g/mol. The van der Waals surface area contributed by atoms with Crippen molar-refractivity contribution < 1.29 is 0 Å². The molecule has 0 aliphatic carbocycles. The molecule has 0 saturated carbocycles. The minimum absolute atomic E-state index is 0.443. The highest BCUT2D eigenvalue weighted by atomic mass is 29.6. The Kier molecular flexibility index (Phi) is 3.23. The van der Waals surface area contributed by atoms with E-state index in [1.165, 1.54) is 19.5 Å². The first-order chi connectivity index (χ1) is 3.42. The molecule has 50 valence electrons. The molecular weight excluding hydrogens is 144 g/mol. The molecule has 0 aromatic rings. The molecule has 0 saturated heterocycles. The lowest BCUT2D eigenvalue weighted by Gasteiger charge is -2.17. The summed E-state index contributed by atoms with van der Waals surface area (Å²) >= 11 is 0. The second-order valence-corrected chi connectivity index (χ2v) is 31.9. The van der Waals surface area contributed by atoms with Crippen LogP contribution in [-0.2, 0) is 0 Å². The summed E-state index contributed by atoms with van der Waals surface area (Å²) in [6.45, 7) is 7.24. The van der Waals surface area contributed by atoms with Gasteiger partial charge in [0.05, 0.1) is 0 Å². The van der Waals surface area contributed by atoms with Gasteiger partial charge in [-0.25, -0.2) is 0 Å². The summed E-state index contributed by atoms with van der Waals surface area (Å²) in [5.41, 5.74) is 0. The fraction of sp³-hybridized carbons (Fsp3) is 1.00. The van der Waals surface area contributed by atoms with Gasteiger partial charge >= 0.3 is 0 Å². The Morgan fingerprint density at radius 1 is 1.38 bits per heavy atom. The Balaban J connectivity index is 3.39. The lowest BCUT2D eigenvalue weighted by atomic mass is 10.3. The molecule has 0 heterocycles. The Morgan fingerprint density at radius 3 is 1.75 bits per heavy atom. The lowest BCUT2D eigenvalue weighted by molar-refractivity contribution is 0.728. The van der Waals surface area contributed by atoms with Crippen LogP contribution in [0.3, 0.4) is 0 Å². The molecule has 0 amide bonds. The predicted octanol–water partition coefficient (Wildman–Crippen LogP) is -0.555. The zero-order chi connectivity index (χ0) is 6.78. The molecule has 0 radical (unpaired) electrons. The molecule has 0 aromatic carbocycles. The third-order valence-corrected chi connectivity index (χ3v) is 5.51. The molecule has 0 nitrogen and oxygen atoms in total. The van der Waals surface area contributed by atoms with Gasteiger partial charge in [0.1, 0.15) is 0 Å². The van der Waals surface area contributed by atoms with E-state index in [1.807, 2.05) is 0 Å². The van der Waals surface area contributed by atoms with Gasteiger partial charge in [0.25, 0.3) is 0 Å². The molecule has 0 unspecified atom stereocenters. The van der Waals surface area contributed by atoms with Gasteiger partial charge in [-0.05, 0) is 25.4 Å². The van der Waals surface area contributed by atoms with Crippen LogP contribution < -0.4 is 0 Å². The quantitative estimate of drug-likeness (QED) is 0.478. The van der Waals surface area contributed by atoms with Crippen LogP contribution in [0.25, 0.3) is 0 Å². The monoisotopic (exact) mass is 162 g/mol. The standard InChI is InChI=1S/C5H18Si3/c1-5(2)4-8(3,6)7/h5H,4H2,1-3,6-7H3. The van der Waals surface area contributed by atoms with E-state index in [0.717, 1.165) is 5.92 Å². The minimum Gasteiger partial charge on any atom is -0.0744 e. The topological polar surface area (TPSA) is 0 Å². The Bertz CT molecular complexity index is 62.6. The Hall–Kier alpha value is 0.651. The molecule has 0 aliphatic rings. The van der Waals surface area contributed by atoms with Crippen molar-refractivity contribution in [2.45, 2.75) is 26.4 Å². The van der Waals surface area contributed by atoms with Crippen molar-refractivity contribution in [3.8, 4) is 0 Å². The van der Waals surface area contributed by atoms with Gasteiger partial charge in [0.15, 0.2) is 0 Å². The van der Waals surface area contributed by atoms with E-state index in [2.05, 4.69) is 20.4 Å². The predicted molar refractivity (Wildman–Crippen MR) is 51.1 cm³/mol. The maximum absolute atomic E-state index is 2.55. The zero-order valence-corrected chi connectivity index (χ0v) is 11.8. The van der Waals surface area contributed by atoms with Crippen molar-refractivity contribution in [1.29, 1.82) is 0 Å². The average Bonchev–Trinajstić information content (AvgIpc) is 1.21. The maximum Gasteiger partial charge on any atom is 0.0177 e. The van der Waals surface area contributed by atoms with Crippen LogP contribution in [0.2, 0.25) is 12.6 Å². The number of rotatable bonds is 2. The van der Waals surface area contributed by atoms with Crippen molar-refractivity contribution in [2.75, 3.05) is 0 Å². The van der Waals surface area contributed by atoms with Crippen molar-refractivity contribution in [3.05, 3.63) is 0 Å². The second kappa shape index (κ2) is 2.98. The van der Waals surface area contributed by atoms with Crippen molar-refractivity contribution in [2.24, 2.45) is 5.92 Å². The van der Waals surface area contributed by atoms with Crippen LogP contribution >= 0.6 is 0 Å². The molecule has 0 spiro atoms. The van der Waals surface area contributed by atoms with Crippen LogP contribution in [0.1, 0.15) is 13.8 Å². The largest absolute Gasteiger partial charge is 0.0744 e. The zero-order valence-electron chi connectivity index (χ0n) is 6.78. The van der Waals surface area contributed by atoms with Gasteiger partial charge in [-0.3, -0.25) is 0 Å². The van der Waals surface area contributed by atoms with E-state index in [9.17, 15) is 0 Å². The van der Waals surface area contributed by atoms with Crippen LogP contribution in [0, 0.1) is 5.92 Å². The van der Waals surface area contributed by atoms with Gasteiger partial charge in [-0.2, -0.15) is 0 Å². The summed E-state index contributed by atoms with van der Waals surface area (Å²) in [6.07, 6.45) is 0. The van der Waals surface area contributed by atoms with E-state index < -0.39 is 7.11 Å². The van der Waals surface area contributed by atoms with Crippen LogP contribution in [0.15, 0.2) is 0 Å². The van der Waals surface area contributed by atoms with Crippen LogP contribution in [0.5, 0.6) is 0 Å². The molecule has 0 atom stereocenters. The lowest BCUT2D eigenvalue weighted by Crippen LogP contribution is -2.33. The Labute approximate surface area is 59.5 Å². The van der Waals surface area contributed by atoms with Crippen molar-refractivity contribution in [1.82, 2.24) is 0 Å². The Morgan fingerprint density at radius 2 is 1.75 bits per heavy atom. The highest BCUT2D eigenvalue weighted by Gasteiger charge is 2.13. The third kappa shape index (κ3) is 6.65. The van der Waals surface area contributed by atoms with Crippen LogP contribution in [0.4, 0.5) is 0 Å². The first kappa shape index (κ1) is 8.65. The summed E-state index contributed by atoms with van der Waals surface area (Å²) in [7, 11) is 2.61. The van der Waals surface area contributed by atoms with Crippen LogP contribution in [-0.4, -0.2) is 26.6 Å². The molecule has 0 fully saturated rings. The molecule has 8 heavy (non-hydrogen) atoms. The highest BCUT2D eigenvalue weighted by Crippen LogP contribution is 2.08. The second-order valence-electron chi connectivity index (χ2n) is 4.16. The smallest absolute Gasteiger partial charge is 0.0177 e. The molecule has 0 aliphatic heterocycles. The number of hydrogen-bond donors (Lipinski definition) is 0. The van der Waals surface area contributed by atoms with E-state index in [-0.39, 0.29) is 0 Å². The summed E-state index contributed by atoms with van der Waals surface area (Å²) in [5, 5.41) is 0. The van der Waals surface area contributed by atoms with E-state index >= 15 is 0 Å². The summed E-state index contributed by atoms with van der Waals surface area (Å²) < 4.78 is 0. The molecule has 0 bridgehead atoms. The third-order valence-electron chi connectivity index (χ3n) is 1.02. The summed E-state index contributed by atoms with van der Waals surface area (Å²) in [6, 6.07) is 1.59. The molecule has 3 heteroatoms. The van der Waals surface area contributed by atoms with E-state index in [0.29, 0.717) is 0 Å². The van der Waals surface area contributed by atoms with Gasteiger partial charge in [0, 0.05) is 7.11 Å². The van der Waals surface area contributed by atoms with Gasteiger partial charge < -0.3 is 0 Å². The normalized spacial score (nSPS) is 19.5. The maximum atomic E-state index is 2.55. The van der Waals surface area contributed by atoms with Gasteiger partial charge in [-0.1, -0.05) is 26.4 Å². The summed E-state index contributed by atoms with van der Waals surface area (Å²) in [4.78, 5) is 0. The fourth-order valence-electron chi connectivity index (χ4n) is 1.22. The molecule has 0 aromatic heterocycles. The van der Waals surface area contributed by atoms with Crippen molar-refractivity contribution in [3.63, 3.8) is 0 Å². The fourth-order valence-corrected chi connectivity index (χ4v) is 8.57. The number of hydrogen-bond acceptors (Lipinski definition) is 0. The highest BCUT2D eigenvalue weighted by molar-refractivity contribution is 7.40. The first-order valence-corrected chi connectivity index (χ1v) is 13.1. The van der Waals surface area contributed by atoms with E-state index in [1.54, 1.807) is 6.04 Å². The van der Waals surface area contributed by atoms with E-state index in [4.69, 9.17) is 0 Å². The molecular formula is C5H18Si3. The first-order valence-electron chi connectivity index (χ1n) is 3.42. The molecule has 0 N–H and O–H groups in total. The van der Waals surface area contributed by atoms with Crippen molar-refractivity contribution >= 4 is 26.6 Å². The molecule has 0 rings (SSSR count). The van der Waals surface area contributed by atoms with Gasteiger partial charge in [-0.15, -0.1) is 0 Å². The van der Waals surface area contributed by atoms with Gasteiger partial charge in [0.2, 0.25) is 0 Å². The summed E-state index contributed by atoms with van der Waals surface area (Å²) in [5.74, 6) is 0.974.